The quantitative estimate of drug-likeness (QED) is 0.815. The van der Waals surface area contributed by atoms with E-state index in [0.29, 0.717) is 5.92 Å². The minimum Gasteiger partial charge on any atom is -0.361 e. The van der Waals surface area contributed by atoms with Crippen LogP contribution in [-0.4, -0.2) is 30.5 Å². The molecule has 1 aromatic heterocycles. The Morgan fingerprint density at radius 1 is 1.44 bits per heavy atom. The number of benzene rings is 1. The Hall–Kier alpha value is -1.79. The molecule has 92 valence electrons. The minimum atomic E-state index is 0.669. The van der Waals surface area contributed by atoms with Crippen molar-refractivity contribution in [2.75, 3.05) is 20.6 Å². The highest BCUT2D eigenvalue weighted by Crippen LogP contribution is 2.49. The fourth-order valence-electron chi connectivity index (χ4n) is 2.81. The van der Waals surface area contributed by atoms with E-state index in [0.717, 1.165) is 23.7 Å². The first kappa shape index (κ1) is 11.3. The maximum atomic E-state index is 7.11. The van der Waals surface area contributed by atoms with Crippen LogP contribution in [0.15, 0.2) is 24.4 Å². The lowest BCUT2D eigenvalue weighted by atomic mass is 10.1. The number of rotatable bonds is 3. The summed E-state index contributed by atoms with van der Waals surface area (Å²) in [5.41, 5.74) is 3.27. The molecule has 3 heteroatoms. The number of H-pyrrole nitrogens is 1. The van der Waals surface area contributed by atoms with Crippen LogP contribution >= 0.6 is 0 Å². The molecule has 0 spiro atoms. The van der Waals surface area contributed by atoms with Gasteiger partial charge in [0.2, 0.25) is 0 Å². The summed E-state index contributed by atoms with van der Waals surface area (Å²) in [5, 5.41) is 1.23. The van der Waals surface area contributed by atoms with Crippen molar-refractivity contribution in [3.63, 3.8) is 0 Å². The molecule has 2 atom stereocenters. The molecule has 0 aliphatic heterocycles. The first-order chi connectivity index (χ1) is 8.69. The van der Waals surface area contributed by atoms with Crippen molar-refractivity contribution >= 4 is 16.6 Å². The first-order valence-electron chi connectivity index (χ1n) is 6.32. The second-order valence-corrected chi connectivity index (χ2v) is 5.45. The van der Waals surface area contributed by atoms with Crippen molar-refractivity contribution in [1.82, 2.24) is 9.88 Å². The van der Waals surface area contributed by atoms with Crippen LogP contribution in [0.5, 0.6) is 0 Å². The van der Waals surface area contributed by atoms with Gasteiger partial charge in [-0.3, -0.25) is 0 Å². The number of fused-ring (bicyclic) bond motifs is 1. The summed E-state index contributed by atoms with van der Waals surface area (Å²) in [6, 6.07) is 5.90. The summed E-state index contributed by atoms with van der Waals surface area (Å²) in [4.78, 5) is 9.09. The van der Waals surface area contributed by atoms with Crippen LogP contribution in [0.1, 0.15) is 17.9 Å². The molecule has 1 fully saturated rings. The average molecular weight is 239 g/mol. The van der Waals surface area contributed by atoms with Gasteiger partial charge in [-0.25, -0.2) is 4.85 Å². The highest BCUT2D eigenvalue weighted by molar-refractivity contribution is 5.87. The minimum absolute atomic E-state index is 0.669. The fourth-order valence-corrected chi connectivity index (χ4v) is 2.81. The predicted molar refractivity (Wildman–Crippen MR) is 74.0 cm³/mol. The second kappa shape index (κ2) is 4.15. The van der Waals surface area contributed by atoms with Crippen LogP contribution in [-0.2, 0) is 0 Å². The van der Waals surface area contributed by atoms with Crippen LogP contribution in [0.2, 0.25) is 0 Å². The molecule has 0 amide bonds. The molecule has 3 rings (SSSR count). The molecule has 1 saturated carbocycles. The van der Waals surface area contributed by atoms with E-state index >= 15 is 0 Å². The molecule has 2 aromatic rings. The zero-order valence-corrected chi connectivity index (χ0v) is 10.8. The van der Waals surface area contributed by atoms with E-state index in [1.54, 1.807) is 0 Å². The summed E-state index contributed by atoms with van der Waals surface area (Å²) < 4.78 is 0. The van der Waals surface area contributed by atoms with E-state index in [1.165, 1.54) is 17.4 Å². The summed E-state index contributed by atoms with van der Waals surface area (Å²) in [5.74, 6) is 1.44. The zero-order valence-electron chi connectivity index (χ0n) is 10.8. The fraction of sp³-hybridized carbons (Fsp3) is 0.400. The number of nitrogens with one attached hydrogen (secondary N) is 1. The normalized spacial score (nSPS) is 22.3. The van der Waals surface area contributed by atoms with Gasteiger partial charge in [0.15, 0.2) is 5.69 Å². The molecule has 1 heterocycles. The van der Waals surface area contributed by atoms with Gasteiger partial charge in [-0.1, -0.05) is 6.07 Å². The third-order valence-corrected chi connectivity index (χ3v) is 3.75. The molecule has 3 nitrogen and oxygen atoms in total. The van der Waals surface area contributed by atoms with E-state index in [2.05, 4.69) is 35.0 Å². The van der Waals surface area contributed by atoms with Gasteiger partial charge >= 0.3 is 0 Å². The van der Waals surface area contributed by atoms with E-state index in [9.17, 15) is 0 Å². The molecule has 1 N–H and O–H groups in total. The Bertz CT molecular complexity index is 618. The van der Waals surface area contributed by atoms with E-state index in [-0.39, 0.29) is 0 Å². The van der Waals surface area contributed by atoms with Crippen molar-refractivity contribution < 1.29 is 0 Å². The monoisotopic (exact) mass is 239 g/mol. The lowest BCUT2D eigenvalue weighted by Crippen LogP contribution is -2.15. The SMILES string of the molecule is [C-]#[N+]c1ccc2[nH]cc([C@@H]3C[C@H]3CN(C)C)c2c1. The maximum absolute atomic E-state index is 7.11. The Kier molecular flexibility index (Phi) is 2.61. The summed E-state index contributed by atoms with van der Waals surface area (Å²) in [6.45, 7) is 8.26. The Morgan fingerprint density at radius 3 is 3.00 bits per heavy atom. The van der Waals surface area contributed by atoms with Crippen molar-refractivity contribution in [1.29, 1.82) is 0 Å². The van der Waals surface area contributed by atoms with Crippen molar-refractivity contribution in [3.05, 3.63) is 41.4 Å². The van der Waals surface area contributed by atoms with Gasteiger partial charge in [-0.05, 0) is 55.4 Å². The lowest BCUT2D eigenvalue weighted by Gasteiger charge is -2.08. The zero-order chi connectivity index (χ0) is 12.7. The summed E-state index contributed by atoms with van der Waals surface area (Å²) >= 11 is 0. The van der Waals surface area contributed by atoms with Crippen molar-refractivity contribution in [2.24, 2.45) is 5.92 Å². The van der Waals surface area contributed by atoms with Gasteiger partial charge in [-0.2, -0.15) is 0 Å². The Labute approximate surface area is 107 Å². The molecular formula is C15H17N3. The molecule has 0 bridgehead atoms. The van der Waals surface area contributed by atoms with Crippen LogP contribution < -0.4 is 0 Å². The number of nitrogens with zero attached hydrogens (tertiary/aromatic N) is 2. The average Bonchev–Trinajstić information content (AvgIpc) is 2.97. The summed E-state index contributed by atoms with van der Waals surface area (Å²) in [7, 11) is 4.25. The van der Waals surface area contributed by atoms with Crippen LogP contribution in [0, 0.1) is 12.5 Å². The van der Waals surface area contributed by atoms with E-state index in [4.69, 9.17) is 6.57 Å². The van der Waals surface area contributed by atoms with Crippen LogP contribution in [0.3, 0.4) is 0 Å². The lowest BCUT2D eigenvalue weighted by molar-refractivity contribution is 0.385. The standard InChI is InChI=1S/C15H17N3/c1-16-11-4-5-15-13(7-11)14(8-17-15)12-6-10(12)9-18(2)3/h4-5,7-8,10,12,17H,6,9H2,2-3H3/t10-,12+/m0/s1. The number of hydrogen-bond acceptors (Lipinski definition) is 1. The van der Waals surface area contributed by atoms with Gasteiger partial charge in [0.1, 0.15) is 0 Å². The topological polar surface area (TPSA) is 23.4 Å². The molecule has 1 aromatic carbocycles. The summed E-state index contributed by atoms with van der Waals surface area (Å²) in [6.07, 6.45) is 3.39. The van der Waals surface area contributed by atoms with Gasteiger partial charge < -0.3 is 9.88 Å². The smallest absolute Gasteiger partial charge is 0.187 e. The molecule has 1 aliphatic carbocycles. The van der Waals surface area contributed by atoms with Gasteiger partial charge in [0.25, 0.3) is 0 Å². The molecule has 18 heavy (non-hydrogen) atoms. The first-order valence-corrected chi connectivity index (χ1v) is 6.32. The Morgan fingerprint density at radius 2 is 2.28 bits per heavy atom. The number of aromatic nitrogens is 1. The van der Waals surface area contributed by atoms with E-state index in [1.807, 2.05) is 18.2 Å². The molecule has 1 aliphatic rings. The van der Waals surface area contributed by atoms with Crippen molar-refractivity contribution in [3.8, 4) is 0 Å². The van der Waals surface area contributed by atoms with Crippen molar-refractivity contribution in [2.45, 2.75) is 12.3 Å². The Balaban J connectivity index is 1.92. The third-order valence-electron chi connectivity index (χ3n) is 3.75. The van der Waals surface area contributed by atoms with Crippen LogP contribution in [0.25, 0.3) is 15.7 Å². The van der Waals surface area contributed by atoms with Gasteiger partial charge in [0, 0.05) is 18.3 Å². The molecule has 0 unspecified atom stereocenters. The van der Waals surface area contributed by atoms with Gasteiger partial charge in [-0.15, -0.1) is 0 Å². The van der Waals surface area contributed by atoms with Crippen LogP contribution in [0.4, 0.5) is 5.69 Å². The largest absolute Gasteiger partial charge is 0.361 e. The highest BCUT2D eigenvalue weighted by atomic mass is 15.1. The third kappa shape index (κ3) is 1.89. The number of aromatic amines is 1. The predicted octanol–water partition coefficient (Wildman–Crippen LogP) is 3.38. The van der Waals surface area contributed by atoms with E-state index < -0.39 is 0 Å². The van der Waals surface area contributed by atoms with Gasteiger partial charge in [0.05, 0.1) is 6.57 Å². The second-order valence-electron chi connectivity index (χ2n) is 5.45. The molecular weight excluding hydrogens is 222 g/mol. The maximum Gasteiger partial charge on any atom is 0.187 e. The molecule has 0 saturated heterocycles. The number of hydrogen-bond donors (Lipinski definition) is 1. The highest BCUT2D eigenvalue weighted by Gasteiger charge is 2.39. The molecule has 0 radical (unpaired) electrons.